The number of esters is 1. The molecule has 4 atom stereocenters. The van der Waals surface area contributed by atoms with Crippen LogP contribution in [0.1, 0.15) is 61.8 Å². The SMILES string of the molecule is CC(=O)O[C@H]1[C@H](n2cnc3c(NC(=O)c4ccccc4)ncnc32)O[C@](CCOS(=O)(=O)c2ccc(C)cc2)(CO[Si](c2ccccc2)(c2ccccc2)C(C)(C)C)[C@H]1OCc1ccccc1. The molecule has 3 heterocycles. The Morgan fingerprint density at radius 1 is 0.806 bits per heavy atom. The molecular weight excluding hydrogens is 887 g/mol. The Bertz CT molecular complexity index is 2860. The number of hydrogen-bond acceptors (Lipinski definition) is 12. The van der Waals surface area contributed by atoms with Crippen LogP contribution in [0.2, 0.25) is 5.04 Å². The number of nitrogens with one attached hydrogen (secondary N) is 1. The summed E-state index contributed by atoms with van der Waals surface area (Å²) in [6.07, 6.45) is -0.814. The molecule has 0 spiro atoms. The Labute approximate surface area is 391 Å². The molecule has 67 heavy (non-hydrogen) atoms. The van der Waals surface area contributed by atoms with Gasteiger partial charge in [-0.05, 0) is 52.2 Å². The van der Waals surface area contributed by atoms with Gasteiger partial charge in [0.1, 0.15) is 18.0 Å². The monoisotopic (exact) mass is 939 g/mol. The Hall–Kier alpha value is -6.40. The lowest BCUT2D eigenvalue weighted by Gasteiger charge is -2.45. The lowest BCUT2D eigenvalue weighted by Crippen LogP contribution is -2.68. The van der Waals surface area contributed by atoms with Gasteiger partial charge in [-0.25, -0.2) is 15.0 Å². The fraction of sp³-hybridized carbons (Fsp3) is 0.275. The number of amides is 1. The van der Waals surface area contributed by atoms with Gasteiger partial charge in [-0.15, -0.1) is 0 Å². The maximum atomic E-state index is 13.8. The van der Waals surface area contributed by atoms with Crippen molar-refractivity contribution in [3.63, 3.8) is 0 Å². The number of aryl methyl sites for hydroxylation is 1. The number of anilines is 1. The summed E-state index contributed by atoms with van der Waals surface area (Å²) in [7, 11) is -7.59. The van der Waals surface area contributed by atoms with Crippen LogP contribution < -0.4 is 15.7 Å². The molecule has 7 aromatic rings. The first-order chi connectivity index (χ1) is 32.2. The van der Waals surface area contributed by atoms with Gasteiger partial charge in [-0.1, -0.05) is 148 Å². The molecule has 2 aromatic heterocycles. The van der Waals surface area contributed by atoms with Crippen LogP contribution in [0.4, 0.5) is 5.82 Å². The second-order valence-corrected chi connectivity index (χ2v) is 23.4. The summed E-state index contributed by atoms with van der Waals surface area (Å²) in [4.78, 5) is 40.2. The van der Waals surface area contributed by atoms with Crippen molar-refractivity contribution >= 4 is 57.7 Å². The van der Waals surface area contributed by atoms with E-state index in [0.717, 1.165) is 21.5 Å². The lowest BCUT2D eigenvalue weighted by atomic mass is 9.92. The highest BCUT2D eigenvalue weighted by molar-refractivity contribution is 7.86. The minimum absolute atomic E-state index is 0.00433. The number of benzene rings is 5. The Kier molecular flexibility index (Phi) is 13.9. The van der Waals surface area contributed by atoms with Gasteiger partial charge in [0, 0.05) is 18.9 Å². The summed E-state index contributed by atoms with van der Waals surface area (Å²) in [5.41, 5.74) is 1.05. The molecule has 0 saturated carbocycles. The first-order valence-corrected chi connectivity index (χ1v) is 25.3. The molecule has 14 nitrogen and oxygen atoms in total. The van der Waals surface area contributed by atoms with E-state index in [9.17, 15) is 18.0 Å². The van der Waals surface area contributed by atoms with Crippen molar-refractivity contribution in [1.82, 2.24) is 19.5 Å². The molecule has 346 valence electrons. The lowest BCUT2D eigenvalue weighted by molar-refractivity contribution is -0.159. The largest absolute Gasteiger partial charge is 0.455 e. The summed E-state index contributed by atoms with van der Waals surface area (Å²) in [5.74, 6) is -0.879. The summed E-state index contributed by atoms with van der Waals surface area (Å²) >= 11 is 0. The van der Waals surface area contributed by atoms with E-state index in [-0.39, 0.29) is 48.1 Å². The Morgan fingerprint density at radius 2 is 1.40 bits per heavy atom. The van der Waals surface area contributed by atoms with Gasteiger partial charge in [-0.3, -0.25) is 18.3 Å². The third kappa shape index (κ3) is 10.0. The van der Waals surface area contributed by atoms with E-state index in [0.29, 0.717) is 5.56 Å². The van der Waals surface area contributed by atoms with Crippen LogP contribution in [0.15, 0.2) is 163 Å². The zero-order valence-electron chi connectivity index (χ0n) is 37.9. The van der Waals surface area contributed by atoms with Gasteiger partial charge >= 0.3 is 5.97 Å². The average Bonchev–Trinajstić information content (AvgIpc) is 3.88. The topological polar surface area (TPSA) is 170 Å². The van der Waals surface area contributed by atoms with Crippen molar-refractivity contribution in [2.75, 3.05) is 18.5 Å². The van der Waals surface area contributed by atoms with Gasteiger partial charge in [0.2, 0.25) is 0 Å². The maximum Gasteiger partial charge on any atom is 0.303 e. The van der Waals surface area contributed by atoms with Crippen LogP contribution in [-0.4, -0.2) is 79.2 Å². The minimum atomic E-state index is -4.25. The molecule has 1 aliphatic rings. The third-order valence-corrected chi connectivity index (χ3v) is 18.3. The molecule has 16 heteroatoms. The second kappa shape index (κ2) is 19.8. The number of ether oxygens (including phenoxy) is 3. The van der Waals surface area contributed by atoms with Crippen LogP contribution in [0.3, 0.4) is 0 Å². The minimum Gasteiger partial charge on any atom is -0.455 e. The Morgan fingerprint density at radius 3 is 2.00 bits per heavy atom. The van der Waals surface area contributed by atoms with Crippen molar-refractivity contribution in [3.8, 4) is 0 Å². The smallest absolute Gasteiger partial charge is 0.303 e. The van der Waals surface area contributed by atoms with Gasteiger partial charge in [0.25, 0.3) is 24.3 Å². The molecule has 0 bridgehead atoms. The summed E-state index contributed by atoms with van der Waals surface area (Å²) in [5, 5.41) is 4.36. The fourth-order valence-electron chi connectivity index (χ4n) is 8.73. The highest BCUT2D eigenvalue weighted by Crippen LogP contribution is 2.47. The molecule has 0 unspecified atom stereocenters. The van der Waals surface area contributed by atoms with Gasteiger partial charge in [0.05, 0.1) is 31.0 Å². The number of imidazole rings is 1. The van der Waals surface area contributed by atoms with Crippen LogP contribution in [0.25, 0.3) is 11.2 Å². The summed E-state index contributed by atoms with van der Waals surface area (Å²) < 4.78 is 63.1. The van der Waals surface area contributed by atoms with E-state index >= 15 is 0 Å². The standard InChI is InChI=1S/C51H53N5O9SSi/c1-36-26-28-40(29-27-36)66(59,60)62-31-30-51(33-63-67(50(3,4)5,41-22-14-8-15-23-41)42-24-16-9-17-25-42)45(61-32-38-18-10-6-11-19-38)44(64-37(2)57)49(65-51)56-35-54-43-46(52-34-53-47(43)56)55-48(58)39-20-12-7-13-21-39/h6-29,34-35,44-45,49H,30-33H2,1-5H3,(H,52,53,55,58)/t44-,45+,49-,51-/m1/s1. The summed E-state index contributed by atoms with van der Waals surface area (Å²) in [6.45, 7) is 9.15. The molecule has 1 N–H and O–H groups in total. The molecule has 0 radical (unpaired) electrons. The molecule has 1 amide bonds. The molecule has 1 aliphatic heterocycles. The van der Waals surface area contributed by atoms with Crippen molar-refractivity contribution in [2.24, 2.45) is 0 Å². The van der Waals surface area contributed by atoms with E-state index in [1.54, 1.807) is 41.0 Å². The van der Waals surface area contributed by atoms with Crippen molar-refractivity contribution in [3.05, 3.63) is 175 Å². The molecule has 1 fully saturated rings. The number of hydrogen-bond donors (Lipinski definition) is 1. The highest BCUT2D eigenvalue weighted by atomic mass is 32.2. The molecule has 0 aliphatic carbocycles. The molecular formula is C51H53N5O9SSi. The predicted molar refractivity (Wildman–Crippen MR) is 256 cm³/mol. The molecule has 1 saturated heterocycles. The van der Waals surface area contributed by atoms with Crippen LogP contribution in [-0.2, 0) is 44.3 Å². The first kappa shape index (κ1) is 47.1. The Balaban J connectivity index is 1.27. The first-order valence-electron chi connectivity index (χ1n) is 22.0. The van der Waals surface area contributed by atoms with Crippen LogP contribution >= 0.6 is 0 Å². The van der Waals surface area contributed by atoms with Crippen LogP contribution in [0.5, 0.6) is 0 Å². The quantitative estimate of drug-likeness (QED) is 0.0542. The predicted octanol–water partition coefficient (Wildman–Crippen LogP) is 7.54. The van der Waals surface area contributed by atoms with Crippen LogP contribution in [0, 0.1) is 6.92 Å². The zero-order chi connectivity index (χ0) is 47.2. The zero-order valence-corrected chi connectivity index (χ0v) is 39.8. The third-order valence-electron chi connectivity index (χ3n) is 12.0. The highest BCUT2D eigenvalue weighted by Gasteiger charge is 2.61. The molecule has 5 aromatic carbocycles. The molecule has 8 rings (SSSR count). The van der Waals surface area contributed by atoms with Crippen molar-refractivity contribution < 1.29 is 40.8 Å². The number of rotatable bonds is 17. The van der Waals surface area contributed by atoms with E-state index in [1.165, 1.54) is 31.7 Å². The van der Waals surface area contributed by atoms with Gasteiger partial charge in [-0.2, -0.15) is 8.42 Å². The number of nitrogens with zero attached hydrogens (tertiary/aromatic N) is 4. The fourth-order valence-corrected chi connectivity index (χ4v) is 14.3. The van der Waals surface area contributed by atoms with E-state index in [2.05, 4.69) is 65.3 Å². The van der Waals surface area contributed by atoms with E-state index in [4.69, 9.17) is 22.8 Å². The number of fused-ring (bicyclic) bond motifs is 1. The van der Waals surface area contributed by atoms with E-state index < -0.39 is 59.4 Å². The van der Waals surface area contributed by atoms with E-state index in [1.807, 2.05) is 79.7 Å². The normalized spacial score (nSPS) is 18.7. The van der Waals surface area contributed by atoms with Gasteiger partial charge < -0.3 is 24.0 Å². The maximum absolute atomic E-state index is 13.8. The van der Waals surface area contributed by atoms with Gasteiger partial charge in [0.15, 0.2) is 29.3 Å². The van der Waals surface area contributed by atoms with Crippen molar-refractivity contribution in [2.45, 2.75) is 81.6 Å². The van der Waals surface area contributed by atoms with Crippen molar-refractivity contribution in [1.29, 1.82) is 0 Å². The number of aromatic nitrogens is 4. The number of carbonyl (C=O) groups is 2. The summed E-state index contributed by atoms with van der Waals surface area (Å²) in [6, 6.07) is 44.8. The number of carbonyl (C=O) groups excluding carboxylic acids is 2. The second-order valence-electron chi connectivity index (χ2n) is 17.5. The average molecular weight is 940 g/mol.